The van der Waals surface area contributed by atoms with Crippen LogP contribution in [-0.2, 0) is 11.2 Å². The highest BCUT2D eigenvalue weighted by molar-refractivity contribution is 6.31. The SMILES string of the molecule is NCC(COCC(F)(F)F)Cc1ccccc1Cl. The summed E-state index contributed by atoms with van der Waals surface area (Å²) in [5.41, 5.74) is 6.38. The predicted molar refractivity (Wildman–Crippen MR) is 64.6 cm³/mol. The second-order valence-corrected chi connectivity index (χ2v) is 4.43. The zero-order valence-electron chi connectivity index (χ0n) is 9.71. The zero-order chi connectivity index (χ0) is 13.6. The van der Waals surface area contributed by atoms with Crippen molar-refractivity contribution in [1.29, 1.82) is 0 Å². The fourth-order valence-electron chi connectivity index (χ4n) is 1.53. The summed E-state index contributed by atoms with van der Waals surface area (Å²) in [5, 5.41) is 0.590. The molecule has 0 aromatic heterocycles. The van der Waals surface area contributed by atoms with E-state index in [-0.39, 0.29) is 19.1 Å². The van der Waals surface area contributed by atoms with Gasteiger partial charge in [-0.05, 0) is 30.5 Å². The molecule has 0 aliphatic heterocycles. The standard InChI is InChI=1S/C12H15ClF3NO/c13-11-4-2-1-3-10(11)5-9(6-17)7-18-8-12(14,15)16/h1-4,9H,5-8,17H2. The molecule has 0 saturated carbocycles. The molecule has 0 spiro atoms. The Morgan fingerprint density at radius 1 is 1.28 bits per heavy atom. The van der Waals surface area contributed by atoms with E-state index in [0.29, 0.717) is 11.4 Å². The highest BCUT2D eigenvalue weighted by Crippen LogP contribution is 2.20. The number of benzene rings is 1. The molecule has 1 aromatic rings. The van der Waals surface area contributed by atoms with Gasteiger partial charge in [0, 0.05) is 5.02 Å². The third-order valence-corrected chi connectivity index (χ3v) is 2.79. The van der Waals surface area contributed by atoms with Crippen LogP contribution in [-0.4, -0.2) is 25.9 Å². The van der Waals surface area contributed by atoms with Crippen molar-refractivity contribution < 1.29 is 17.9 Å². The van der Waals surface area contributed by atoms with Gasteiger partial charge in [0.2, 0.25) is 0 Å². The molecule has 0 aliphatic rings. The monoisotopic (exact) mass is 281 g/mol. The van der Waals surface area contributed by atoms with Crippen LogP contribution in [0.5, 0.6) is 0 Å². The summed E-state index contributed by atoms with van der Waals surface area (Å²) < 4.78 is 40.4. The molecule has 102 valence electrons. The molecule has 0 saturated heterocycles. The fourth-order valence-corrected chi connectivity index (χ4v) is 1.74. The molecule has 0 heterocycles. The van der Waals surface area contributed by atoms with E-state index in [1.807, 2.05) is 12.1 Å². The van der Waals surface area contributed by atoms with Crippen LogP contribution in [0.1, 0.15) is 5.56 Å². The second-order valence-electron chi connectivity index (χ2n) is 4.03. The third kappa shape index (κ3) is 5.71. The summed E-state index contributed by atoms with van der Waals surface area (Å²) in [7, 11) is 0. The molecule has 1 aromatic carbocycles. The smallest absolute Gasteiger partial charge is 0.372 e. The van der Waals surface area contributed by atoms with Crippen LogP contribution in [0.25, 0.3) is 0 Å². The van der Waals surface area contributed by atoms with Gasteiger partial charge in [-0.25, -0.2) is 0 Å². The van der Waals surface area contributed by atoms with E-state index < -0.39 is 12.8 Å². The molecular weight excluding hydrogens is 267 g/mol. The lowest BCUT2D eigenvalue weighted by molar-refractivity contribution is -0.176. The first-order chi connectivity index (χ1) is 8.42. The van der Waals surface area contributed by atoms with Crippen LogP contribution in [0.2, 0.25) is 5.02 Å². The lowest BCUT2D eigenvalue weighted by atomic mass is 10.0. The van der Waals surface area contributed by atoms with E-state index in [1.54, 1.807) is 12.1 Å². The average Bonchev–Trinajstić information content (AvgIpc) is 2.29. The minimum absolute atomic E-state index is 0.0266. The maximum Gasteiger partial charge on any atom is 0.411 e. The minimum atomic E-state index is -4.30. The summed E-state index contributed by atoms with van der Waals surface area (Å²) in [4.78, 5) is 0. The van der Waals surface area contributed by atoms with Crippen molar-refractivity contribution in [3.63, 3.8) is 0 Å². The Labute approximate surface area is 109 Å². The zero-order valence-corrected chi connectivity index (χ0v) is 10.5. The molecule has 0 amide bonds. The summed E-state index contributed by atoms with van der Waals surface area (Å²) in [6, 6.07) is 7.19. The van der Waals surface area contributed by atoms with Crippen LogP contribution in [0.4, 0.5) is 13.2 Å². The molecule has 0 fully saturated rings. The summed E-state index contributed by atoms with van der Waals surface area (Å²) in [5.74, 6) is -0.174. The number of halogens is 4. The quantitative estimate of drug-likeness (QED) is 0.870. The first-order valence-electron chi connectivity index (χ1n) is 5.50. The highest BCUT2D eigenvalue weighted by atomic mass is 35.5. The number of ether oxygens (including phenoxy) is 1. The van der Waals surface area contributed by atoms with Crippen molar-refractivity contribution in [3.8, 4) is 0 Å². The van der Waals surface area contributed by atoms with Crippen LogP contribution in [0, 0.1) is 5.92 Å². The molecule has 2 N–H and O–H groups in total. The van der Waals surface area contributed by atoms with E-state index >= 15 is 0 Å². The van der Waals surface area contributed by atoms with Gasteiger partial charge in [-0.2, -0.15) is 13.2 Å². The normalized spacial score (nSPS) is 13.6. The van der Waals surface area contributed by atoms with Gasteiger partial charge in [0.25, 0.3) is 0 Å². The predicted octanol–water partition coefficient (Wildman–Crippen LogP) is 3.04. The molecule has 1 unspecified atom stereocenters. The molecule has 6 heteroatoms. The Kier molecular flexibility index (Phi) is 5.91. The Bertz CT molecular complexity index is 371. The third-order valence-electron chi connectivity index (χ3n) is 2.42. The van der Waals surface area contributed by atoms with Gasteiger partial charge in [0.1, 0.15) is 6.61 Å². The number of hydrogen-bond acceptors (Lipinski definition) is 2. The second kappa shape index (κ2) is 6.97. The van der Waals surface area contributed by atoms with Gasteiger partial charge in [0.15, 0.2) is 0 Å². The van der Waals surface area contributed by atoms with Crippen LogP contribution in [0.3, 0.4) is 0 Å². The molecule has 0 bridgehead atoms. The van der Waals surface area contributed by atoms with Gasteiger partial charge in [-0.3, -0.25) is 0 Å². The highest BCUT2D eigenvalue weighted by Gasteiger charge is 2.27. The van der Waals surface area contributed by atoms with Crippen LogP contribution in [0.15, 0.2) is 24.3 Å². The van der Waals surface area contributed by atoms with Crippen LogP contribution >= 0.6 is 11.6 Å². The maximum atomic E-state index is 11.9. The largest absolute Gasteiger partial charge is 0.411 e. The van der Waals surface area contributed by atoms with E-state index in [2.05, 4.69) is 4.74 Å². The van der Waals surface area contributed by atoms with Gasteiger partial charge in [0.05, 0.1) is 6.61 Å². The Morgan fingerprint density at radius 2 is 1.94 bits per heavy atom. The maximum absolute atomic E-state index is 11.9. The van der Waals surface area contributed by atoms with Crippen molar-refractivity contribution in [3.05, 3.63) is 34.9 Å². The van der Waals surface area contributed by atoms with Gasteiger partial charge in [-0.15, -0.1) is 0 Å². The average molecular weight is 282 g/mol. The summed E-state index contributed by atoms with van der Waals surface area (Å²) >= 11 is 5.97. The van der Waals surface area contributed by atoms with Crippen molar-refractivity contribution in [2.75, 3.05) is 19.8 Å². The molecule has 1 rings (SSSR count). The molecular formula is C12H15ClF3NO. The van der Waals surface area contributed by atoms with Crippen molar-refractivity contribution in [2.24, 2.45) is 11.7 Å². The Morgan fingerprint density at radius 3 is 2.50 bits per heavy atom. The van der Waals surface area contributed by atoms with Gasteiger partial charge < -0.3 is 10.5 Å². The number of hydrogen-bond donors (Lipinski definition) is 1. The Balaban J connectivity index is 2.45. The summed E-state index contributed by atoms with van der Waals surface area (Å²) in [6.07, 6.45) is -3.79. The van der Waals surface area contributed by atoms with Crippen LogP contribution < -0.4 is 5.73 Å². The number of nitrogens with two attached hydrogens (primary N) is 1. The first kappa shape index (κ1) is 15.3. The van der Waals surface area contributed by atoms with E-state index in [9.17, 15) is 13.2 Å². The number of alkyl halides is 3. The topological polar surface area (TPSA) is 35.2 Å². The molecule has 0 radical (unpaired) electrons. The lowest BCUT2D eigenvalue weighted by Gasteiger charge is -2.16. The first-order valence-corrected chi connectivity index (χ1v) is 5.88. The van der Waals surface area contributed by atoms with Crippen molar-refractivity contribution in [2.45, 2.75) is 12.6 Å². The van der Waals surface area contributed by atoms with Crippen molar-refractivity contribution in [1.82, 2.24) is 0 Å². The lowest BCUT2D eigenvalue weighted by Crippen LogP contribution is -2.26. The van der Waals surface area contributed by atoms with Crippen molar-refractivity contribution >= 4 is 11.6 Å². The van der Waals surface area contributed by atoms with E-state index in [1.165, 1.54) is 0 Å². The number of rotatable bonds is 6. The minimum Gasteiger partial charge on any atom is -0.372 e. The van der Waals surface area contributed by atoms with E-state index in [4.69, 9.17) is 17.3 Å². The van der Waals surface area contributed by atoms with E-state index in [0.717, 1.165) is 5.56 Å². The summed E-state index contributed by atoms with van der Waals surface area (Å²) in [6.45, 7) is -1.02. The molecule has 1 atom stereocenters. The molecule has 0 aliphatic carbocycles. The fraction of sp³-hybridized carbons (Fsp3) is 0.500. The van der Waals surface area contributed by atoms with Gasteiger partial charge in [-0.1, -0.05) is 29.8 Å². The molecule has 2 nitrogen and oxygen atoms in total. The molecule has 18 heavy (non-hydrogen) atoms. The van der Waals surface area contributed by atoms with Gasteiger partial charge >= 0.3 is 6.18 Å². The Hall–Kier alpha value is -0.780.